The minimum absolute atomic E-state index is 0.654. The molecule has 0 aliphatic heterocycles. The molecule has 5 heteroatoms. The lowest BCUT2D eigenvalue weighted by Crippen LogP contribution is -2.00. The van der Waals surface area contributed by atoms with E-state index in [0.717, 1.165) is 38.9 Å². The van der Waals surface area contributed by atoms with Crippen LogP contribution in [0.1, 0.15) is 0 Å². The SMILES string of the molecule is c1ccc(-c2nc(-c3ccccc3)nc(-c3cc(-c4ccc(-n5c6ccccc6c6cc7ccccc7cc65)cc4)cc4sc5ccccc5c34)n2)cc1. The first kappa shape index (κ1) is 30.7. The van der Waals surface area contributed by atoms with Crippen molar-refractivity contribution in [3.05, 3.63) is 182 Å². The van der Waals surface area contributed by atoms with Crippen molar-refractivity contribution in [3.63, 3.8) is 0 Å². The summed E-state index contributed by atoms with van der Waals surface area (Å²) in [5.74, 6) is 1.97. The number of hydrogen-bond donors (Lipinski definition) is 0. The number of thiophene rings is 1. The highest BCUT2D eigenvalue weighted by atomic mass is 32.1. The van der Waals surface area contributed by atoms with Gasteiger partial charge >= 0.3 is 0 Å². The van der Waals surface area contributed by atoms with Gasteiger partial charge < -0.3 is 4.57 Å². The standard InChI is InChI=1S/C49H30N4S/c1-3-13-32(14-4-1)47-50-48(33-15-5-2-6-16-33)52-49(51-47)41-28-36(30-45-46(41)39-20-10-12-22-44(39)54-45)31-23-25-37(26-24-31)53-42-21-11-9-19-38(42)40-27-34-17-7-8-18-35(34)29-43(40)53/h1-30H. The first-order valence-corrected chi connectivity index (χ1v) is 18.9. The number of rotatable bonds is 5. The van der Waals surface area contributed by atoms with Crippen molar-refractivity contribution in [2.24, 2.45) is 0 Å². The van der Waals surface area contributed by atoms with Gasteiger partial charge in [-0.1, -0.05) is 133 Å². The third-order valence-corrected chi connectivity index (χ3v) is 11.5. The van der Waals surface area contributed by atoms with Gasteiger partial charge in [-0.15, -0.1) is 11.3 Å². The topological polar surface area (TPSA) is 43.6 Å². The van der Waals surface area contributed by atoms with Crippen LogP contribution in [0.2, 0.25) is 0 Å². The van der Waals surface area contributed by atoms with E-state index in [1.807, 2.05) is 47.7 Å². The van der Waals surface area contributed by atoms with Gasteiger partial charge in [-0.25, -0.2) is 15.0 Å². The van der Waals surface area contributed by atoms with E-state index in [1.165, 1.54) is 47.4 Å². The Morgan fingerprint density at radius 2 is 0.963 bits per heavy atom. The molecule has 0 amide bonds. The van der Waals surface area contributed by atoms with Gasteiger partial charge in [0, 0.05) is 53.3 Å². The molecule has 8 aromatic carbocycles. The highest BCUT2D eigenvalue weighted by Gasteiger charge is 2.19. The predicted molar refractivity (Wildman–Crippen MR) is 226 cm³/mol. The molecule has 252 valence electrons. The molecule has 0 spiro atoms. The molecule has 0 saturated heterocycles. The molecule has 0 radical (unpaired) electrons. The fourth-order valence-electron chi connectivity index (χ4n) is 7.86. The molecule has 11 rings (SSSR count). The average molecular weight is 707 g/mol. The van der Waals surface area contributed by atoms with Gasteiger partial charge in [0.05, 0.1) is 11.0 Å². The summed E-state index contributed by atoms with van der Waals surface area (Å²) in [6.07, 6.45) is 0. The monoisotopic (exact) mass is 706 g/mol. The van der Waals surface area contributed by atoms with Crippen LogP contribution in [-0.4, -0.2) is 19.5 Å². The summed E-state index contributed by atoms with van der Waals surface area (Å²) in [7, 11) is 0. The molecule has 0 N–H and O–H groups in total. The molecular weight excluding hydrogens is 677 g/mol. The zero-order valence-corrected chi connectivity index (χ0v) is 29.8. The van der Waals surface area contributed by atoms with Gasteiger partial charge in [-0.3, -0.25) is 0 Å². The van der Waals surface area contributed by atoms with E-state index in [9.17, 15) is 0 Å². The van der Waals surface area contributed by atoms with Crippen LogP contribution in [0.25, 0.3) is 104 Å². The van der Waals surface area contributed by atoms with Crippen molar-refractivity contribution >= 4 is 64.1 Å². The maximum atomic E-state index is 5.18. The van der Waals surface area contributed by atoms with Crippen LogP contribution in [0.5, 0.6) is 0 Å². The Balaban J connectivity index is 1.11. The van der Waals surface area contributed by atoms with Crippen LogP contribution in [0, 0.1) is 0 Å². The molecule has 0 aliphatic carbocycles. The van der Waals surface area contributed by atoms with Gasteiger partial charge in [0.2, 0.25) is 0 Å². The van der Waals surface area contributed by atoms with Crippen LogP contribution >= 0.6 is 11.3 Å². The zero-order valence-electron chi connectivity index (χ0n) is 29.0. The Morgan fingerprint density at radius 3 is 1.69 bits per heavy atom. The molecule has 0 aliphatic rings. The van der Waals surface area contributed by atoms with Crippen molar-refractivity contribution in [2.75, 3.05) is 0 Å². The van der Waals surface area contributed by atoms with E-state index in [-0.39, 0.29) is 0 Å². The number of nitrogens with zero attached hydrogens (tertiary/aromatic N) is 4. The number of aromatic nitrogens is 4. The first-order valence-electron chi connectivity index (χ1n) is 18.1. The molecule has 0 saturated carbocycles. The summed E-state index contributed by atoms with van der Waals surface area (Å²) in [5, 5.41) is 7.37. The van der Waals surface area contributed by atoms with E-state index in [2.05, 4.69) is 150 Å². The summed E-state index contributed by atoms with van der Waals surface area (Å²) in [6, 6.07) is 64.5. The van der Waals surface area contributed by atoms with Crippen molar-refractivity contribution in [2.45, 2.75) is 0 Å². The Kier molecular flexibility index (Phi) is 7.00. The minimum atomic E-state index is 0.654. The molecule has 0 bridgehead atoms. The second-order valence-corrected chi connectivity index (χ2v) is 14.7. The number of hydrogen-bond acceptors (Lipinski definition) is 4. The highest BCUT2D eigenvalue weighted by Crippen LogP contribution is 2.43. The Labute approximate surface area is 315 Å². The van der Waals surface area contributed by atoms with Gasteiger partial charge in [-0.2, -0.15) is 0 Å². The lowest BCUT2D eigenvalue weighted by atomic mass is 9.98. The normalized spacial score (nSPS) is 11.7. The highest BCUT2D eigenvalue weighted by molar-refractivity contribution is 7.26. The summed E-state index contributed by atoms with van der Waals surface area (Å²) < 4.78 is 4.83. The van der Waals surface area contributed by atoms with Crippen LogP contribution in [-0.2, 0) is 0 Å². The lowest BCUT2D eigenvalue weighted by Gasteiger charge is -2.13. The predicted octanol–water partition coefficient (Wildman–Crippen LogP) is 13.2. The third-order valence-electron chi connectivity index (χ3n) is 10.4. The largest absolute Gasteiger partial charge is 0.309 e. The minimum Gasteiger partial charge on any atom is -0.309 e. The van der Waals surface area contributed by atoms with E-state index in [1.54, 1.807) is 0 Å². The van der Waals surface area contributed by atoms with Gasteiger partial charge in [0.1, 0.15) is 0 Å². The molecule has 54 heavy (non-hydrogen) atoms. The van der Waals surface area contributed by atoms with Crippen LogP contribution in [0.4, 0.5) is 0 Å². The fraction of sp³-hybridized carbons (Fsp3) is 0. The molecule has 3 heterocycles. The molecular formula is C49H30N4S. The van der Waals surface area contributed by atoms with Crippen LogP contribution in [0.3, 0.4) is 0 Å². The van der Waals surface area contributed by atoms with E-state index in [4.69, 9.17) is 15.0 Å². The Bertz CT molecular complexity index is 3140. The average Bonchev–Trinajstić information content (AvgIpc) is 3.78. The van der Waals surface area contributed by atoms with Crippen LogP contribution in [0.15, 0.2) is 182 Å². The quantitative estimate of drug-likeness (QED) is 0.179. The lowest BCUT2D eigenvalue weighted by molar-refractivity contribution is 1.08. The second-order valence-electron chi connectivity index (χ2n) is 13.6. The van der Waals surface area contributed by atoms with Crippen molar-refractivity contribution in [3.8, 4) is 51.0 Å². The van der Waals surface area contributed by atoms with Crippen molar-refractivity contribution in [1.82, 2.24) is 19.5 Å². The maximum absolute atomic E-state index is 5.18. The molecule has 3 aromatic heterocycles. The molecule has 0 atom stereocenters. The summed E-state index contributed by atoms with van der Waals surface area (Å²) in [6.45, 7) is 0. The molecule has 0 unspecified atom stereocenters. The summed E-state index contributed by atoms with van der Waals surface area (Å²) >= 11 is 1.81. The fourth-order valence-corrected chi connectivity index (χ4v) is 9.03. The Hall–Kier alpha value is -6.95. The van der Waals surface area contributed by atoms with Gasteiger partial charge in [0.15, 0.2) is 17.5 Å². The number of benzene rings is 8. The zero-order chi connectivity index (χ0) is 35.6. The van der Waals surface area contributed by atoms with Crippen molar-refractivity contribution in [1.29, 1.82) is 0 Å². The number of para-hydroxylation sites is 1. The molecule has 4 nitrogen and oxygen atoms in total. The van der Waals surface area contributed by atoms with E-state index < -0.39 is 0 Å². The van der Waals surface area contributed by atoms with E-state index >= 15 is 0 Å². The number of fused-ring (bicyclic) bond motifs is 7. The molecule has 0 fully saturated rings. The Morgan fingerprint density at radius 1 is 0.370 bits per heavy atom. The second kappa shape index (κ2) is 12.3. The maximum Gasteiger partial charge on any atom is 0.164 e. The van der Waals surface area contributed by atoms with Crippen molar-refractivity contribution < 1.29 is 0 Å². The smallest absolute Gasteiger partial charge is 0.164 e. The van der Waals surface area contributed by atoms with E-state index in [0.29, 0.717) is 17.5 Å². The van der Waals surface area contributed by atoms with Crippen LogP contribution < -0.4 is 0 Å². The van der Waals surface area contributed by atoms with Gasteiger partial charge in [0.25, 0.3) is 0 Å². The molecule has 11 aromatic rings. The summed E-state index contributed by atoms with van der Waals surface area (Å²) in [5.41, 5.74) is 8.68. The summed E-state index contributed by atoms with van der Waals surface area (Å²) in [4.78, 5) is 15.3. The van der Waals surface area contributed by atoms with Gasteiger partial charge in [-0.05, 0) is 70.4 Å². The third kappa shape index (κ3) is 5.01. The first-order chi connectivity index (χ1) is 26.7.